The second kappa shape index (κ2) is 7.63. The molecule has 0 bridgehead atoms. The highest BCUT2D eigenvalue weighted by Crippen LogP contribution is 2.20. The summed E-state index contributed by atoms with van der Waals surface area (Å²) >= 11 is 0. The van der Waals surface area contributed by atoms with Crippen molar-refractivity contribution in [1.82, 2.24) is 5.32 Å². The Morgan fingerprint density at radius 2 is 1.88 bits per heavy atom. The smallest absolute Gasteiger partial charge is 0.364 e. The van der Waals surface area contributed by atoms with E-state index in [4.69, 9.17) is 10.5 Å². The molecule has 0 unspecified atom stereocenters. The van der Waals surface area contributed by atoms with Gasteiger partial charge in [0.25, 0.3) is 11.8 Å². The summed E-state index contributed by atoms with van der Waals surface area (Å²) in [7, 11) is 0. The molecule has 1 aliphatic rings. The molecule has 1 fully saturated rings. The molecule has 1 heterocycles. The summed E-state index contributed by atoms with van der Waals surface area (Å²) < 4.78 is 41.6. The number of anilines is 1. The Balaban J connectivity index is 1.88. The summed E-state index contributed by atoms with van der Waals surface area (Å²) in [4.78, 5) is 23.6. The van der Waals surface area contributed by atoms with Gasteiger partial charge in [0.05, 0.1) is 6.10 Å². The molecule has 4 N–H and O–H groups in total. The Kier molecular flexibility index (Phi) is 5.79. The van der Waals surface area contributed by atoms with Crippen molar-refractivity contribution in [1.29, 1.82) is 0 Å². The second-order valence-electron chi connectivity index (χ2n) is 5.42. The maximum absolute atomic E-state index is 12.1. The number of carbonyl (C=O) groups is 2. The normalized spacial score (nSPS) is 20.7. The van der Waals surface area contributed by atoms with Gasteiger partial charge in [-0.2, -0.15) is 13.2 Å². The van der Waals surface area contributed by atoms with Crippen molar-refractivity contribution in [3.63, 3.8) is 0 Å². The van der Waals surface area contributed by atoms with Gasteiger partial charge in [0.1, 0.15) is 12.6 Å². The number of benzene rings is 1. The summed E-state index contributed by atoms with van der Waals surface area (Å²) in [6, 6.07) is 5.55. The summed E-state index contributed by atoms with van der Waals surface area (Å²) in [6.07, 6.45) is -3.88. The molecule has 0 spiro atoms. The van der Waals surface area contributed by atoms with Crippen LogP contribution in [0.2, 0.25) is 0 Å². The van der Waals surface area contributed by atoms with Gasteiger partial charge in [0.2, 0.25) is 0 Å². The molecule has 0 aromatic heterocycles. The van der Waals surface area contributed by atoms with E-state index in [2.05, 4.69) is 5.32 Å². The van der Waals surface area contributed by atoms with E-state index in [1.165, 1.54) is 24.3 Å². The Labute approximate surface area is 136 Å². The first-order chi connectivity index (χ1) is 11.3. The van der Waals surface area contributed by atoms with Crippen molar-refractivity contribution in [2.75, 3.05) is 18.4 Å². The predicted molar refractivity (Wildman–Crippen MR) is 80.4 cm³/mol. The average molecular weight is 345 g/mol. The van der Waals surface area contributed by atoms with Crippen molar-refractivity contribution >= 4 is 17.5 Å². The van der Waals surface area contributed by atoms with Crippen LogP contribution in [-0.4, -0.2) is 43.3 Å². The van der Waals surface area contributed by atoms with E-state index in [1.807, 2.05) is 0 Å². The maximum Gasteiger partial charge on any atom is 0.405 e. The Bertz CT molecular complexity index is 590. The molecule has 132 valence electrons. The predicted octanol–water partition coefficient (Wildman–Crippen LogP) is 1.42. The molecule has 2 amide bonds. The van der Waals surface area contributed by atoms with Crippen molar-refractivity contribution in [3.05, 3.63) is 29.8 Å². The minimum atomic E-state index is -4.47. The number of hydrogen-bond acceptors (Lipinski definition) is 4. The number of halogens is 3. The first-order valence-corrected chi connectivity index (χ1v) is 7.40. The van der Waals surface area contributed by atoms with Crippen molar-refractivity contribution in [2.45, 2.75) is 31.2 Å². The van der Waals surface area contributed by atoms with Crippen molar-refractivity contribution < 1.29 is 27.5 Å². The number of carbonyl (C=O) groups excluding carboxylic acids is 2. The van der Waals surface area contributed by atoms with Crippen LogP contribution in [0.3, 0.4) is 0 Å². The standard InChI is InChI=1S/C15H18F3N3O3/c16-15(17,18)8-20-13(22)9-1-3-10(4-2-9)21-14(23)12-6-5-11(7-19)24-12/h1-4,11-12H,5-8,19H2,(H,20,22)(H,21,23)/t11-,12+/m1/s1. The van der Waals surface area contributed by atoms with Crippen LogP contribution in [0.15, 0.2) is 24.3 Å². The van der Waals surface area contributed by atoms with Gasteiger partial charge in [0, 0.05) is 17.8 Å². The molecule has 0 saturated carbocycles. The van der Waals surface area contributed by atoms with E-state index in [9.17, 15) is 22.8 Å². The molecule has 0 radical (unpaired) electrons. The largest absolute Gasteiger partial charge is 0.405 e. The van der Waals surface area contributed by atoms with Gasteiger partial charge in [-0.3, -0.25) is 9.59 Å². The van der Waals surface area contributed by atoms with Crippen LogP contribution in [0, 0.1) is 0 Å². The molecule has 1 saturated heterocycles. The third-order valence-electron chi connectivity index (χ3n) is 3.53. The van der Waals surface area contributed by atoms with E-state index in [-0.39, 0.29) is 17.6 Å². The summed E-state index contributed by atoms with van der Waals surface area (Å²) in [5.74, 6) is -1.16. The van der Waals surface area contributed by atoms with E-state index >= 15 is 0 Å². The molecule has 1 aromatic carbocycles. The van der Waals surface area contributed by atoms with Crippen LogP contribution in [-0.2, 0) is 9.53 Å². The number of amides is 2. The monoisotopic (exact) mass is 345 g/mol. The fourth-order valence-electron chi connectivity index (χ4n) is 2.28. The zero-order chi connectivity index (χ0) is 17.7. The van der Waals surface area contributed by atoms with Gasteiger partial charge in [-0.25, -0.2) is 0 Å². The van der Waals surface area contributed by atoms with E-state index < -0.39 is 24.7 Å². The maximum atomic E-state index is 12.1. The first-order valence-electron chi connectivity index (χ1n) is 7.40. The highest BCUT2D eigenvalue weighted by atomic mass is 19.4. The minimum absolute atomic E-state index is 0.0672. The first kappa shape index (κ1) is 18.2. The van der Waals surface area contributed by atoms with Crippen LogP contribution in [0.4, 0.5) is 18.9 Å². The van der Waals surface area contributed by atoms with Gasteiger partial charge in [-0.1, -0.05) is 0 Å². The number of hydrogen-bond donors (Lipinski definition) is 3. The van der Waals surface area contributed by atoms with Gasteiger partial charge >= 0.3 is 6.18 Å². The molecule has 0 aliphatic carbocycles. The van der Waals surface area contributed by atoms with Crippen LogP contribution in [0.1, 0.15) is 23.2 Å². The van der Waals surface area contributed by atoms with E-state index in [0.717, 1.165) is 0 Å². The molecule has 1 aliphatic heterocycles. The minimum Gasteiger partial charge on any atom is -0.364 e. The van der Waals surface area contributed by atoms with Crippen LogP contribution in [0.25, 0.3) is 0 Å². The number of nitrogens with two attached hydrogens (primary N) is 1. The number of nitrogens with one attached hydrogen (secondary N) is 2. The Morgan fingerprint density at radius 1 is 1.21 bits per heavy atom. The lowest BCUT2D eigenvalue weighted by molar-refractivity contribution is -0.126. The van der Waals surface area contributed by atoms with E-state index in [1.54, 1.807) is 5.32 Å². The summed E-state index contributed by atoms with van der Waals surface area (Å²) in [6.45, 7) is -1.04. The van der Waals surface area contributed by atoms with Crippen LogP contribution < -0.4 is 16.4 Å². The summed E-state index contributed by atoms with van der Waals surface area (Å²) in [5, 5.41) is 4.41. The third kappa shape index (κ3) is 5.20. The van der Waals surface area contributed by atoms with Gasteiger partial charge < -0.3 is 21.1 Å². The quantitative estimate of drug-likeness (QED) is 0.752. The second-order valence-corrected chi connectivity index (χ2v) is 5.42. The van der Waals surface area contributed by atoms with Gasteiger partial charge in [-0.05, 0) is 37.1 Å². The SMILES string of the molecule is NC[C@H]1CC[C@@H](C(=O)Nc2ccc(C(=O)NCC(F)(F)F)cc2)O1. The fourth-order valence-corrected chi connectivity index (χ4v) is 2.28. The topological polar surface area (TPSA) is 93.5 Å². The van der Waals surface area contributed by atoms with Crippen LogP contribution in [0.5, 0.6) is 0 Å². The summed E-state index contributed by atoms with van der Waals surface area (Å²) in [5.41, 5.74) is 5.97. The lowest BCUT2D eigenvalue weighted by atomic mass is 10.1. The molecule has 9 heteroatoms. The lowest BCUT2D eigenvalue weighted by Gasteiger charge is -2.13. The zero-order valence-corrected chi connectivity index (χ0v) is 12.7. The average Bonchev–Trinajstić information content (AvgIpc) is 3.02. The molecule has 6 nitrogen and oxygen atoms in total. The highest BCUT2D eigenvalue weighted by Gasteiger charge is 2.30. The van der Waals surface area contributed by atoms with Gasteiger partial charge in [-0.15, -0.1) is 0 Å². The Hall–Kier alpha value is -2.13. The molecular weight excluding hydrogens is 327 g/mol. The van der Waals surface area contributed by atoms with Crippen molar-refractivity contribution in [2.24, 2.45) is 5.73 Å². The van der Waals surface area contributed by atoms with Crippen LogP contribution >= 0.6 is 0 Å². The number of ether oxygens (including phenoxy) is 1. The number of rotatable bonds is 5. The molecular formula is C15H18F3N3O3. The molecule has 2 rings (SSSR count). The molecule has 24 heavy (non-hydrogen) atoms. The fraction of sp³-hybridized carbons (Fsp3) is 0.467. The molecule has 1 aromatic rings. The zero-order valence-electron chi connectivity index (χ0n) is 12.7. The number of alkyl halides is 3. The lowest BCUT2D eigenvalue weighted by Crippen LogP contribution is -2.33. The third-order valence-corrected chi connectivity index (χ3v) is 3.53. The van der Waals surface area contributed by atoms with Crippen molar-refractivity contribution in [3.8, 4) is 0 Å². The van der Waals surface area contributed by atoms with Gasteiger partial charge in [0.15, 0.2) is 0 Å². The van der Waals surface area contributed by atoms with E-state index in [0.29, 0.717) is 25.1 Å². The molecule has 2 atom stereocenters. The highest BCUT2D eigenvalue weighted by molar-refractivity contribution is 5.96. The Morgan fingerprint density at radius 3 is 2.42 bits per heavy atom.